The number of rotatable bonds is 7. The normalized spacial score (nSPS) is 15.0. The van der Waals surface area contributed by atoms with Crippen LogP contribution >= 0.6 is 27.7 Å². The molecule has 0 aliphatic carbocycles. The number of amides is 3. The number of benzene rings is 2. The van der Waals surface area contributed by atoms with Crippen LogP contribution in [0.5, 0.6) is 0 Å². The minimum Gasteiger partial charge on any atom is -0.372 e. The van der Waals surface area contributed by atoms with E-state index in [-0.39, 0.29) is 6.54 Å². The molecule has 156 valence electrons. The van der Waals surface area contributed by atoms with Crippen molar-refractivity contribution in [1.82, 2.24) is 4.90 Å². The molecule has 3 rings (SSSR count). The number of anilines is 2. The predicted molar refractivity (Wildman–Crippen MR) is 125 cm³/mol. The molecule has 0 aromatic heterocycles. The van der Waals surface area contributed by atoms with Gasteiger partial charge in [-0.2, -0.15) is 0 Å². The largest absolute Gasteiger partial charge is 0.372 e. The van der Waals surface area contributed by atoms with Gasteiger partial charge in [-0.15, -0.1) is 0 Å². The van der Waals surface area contributed by atoms with Gasteiger partial charge >= 0.3 is 0 Å². The van der Waals surface area contributed by atoms with Gasteiger partial charge in [0.1, 0.15) is 6.54 Å². The molecule has 6 nitrogen and oxygen atoms in total. The fourth-order valence-corrected chi connectivity index (χ4v) is 4.28. The highest BCUT2D eigenvalue weighted by atomic mass is 79.9. The van der Waals surface area contributed by atoms with Gasteiger partial charge in [0.2, 0.25) is 5.91 Å². The Kier molecular flexibility index (Phi) is 7.33. The molecule has 2 aromatic carbocycles. The zero-order valence-corrected chi connectivity index (χ0v) is 19.1. The zero-order valence-electron chi connectivity index (χ0n) is 16.7. The maximum absolute atomic E-state index is 12.7. The van der Waals surface area contributed by atoms with Gasteiger partial charge in [-0.3, -0.25) is 19.3 Å². The first kappa shape index (κ1) is 22.1. The Morgan fingerprint density at radius 1 is 1.10 bits per heavy atom. The average molecular weight is 488 g/mol. The molecule has 8 heteroatoms. The number of hydrogen-bond acceptors (Lipinski definition) is 5. The highest BCUT2D eigenvalue weighted by Crippen LogP contribution is 2.32. The van der Waals surface area contributed by atoms with Crippen LogP contribution in [0, 0.1) is 0 Å². The van der Waals surface area contributed by atoms with Crippen LogP contribution in [0.3, 0.4) is 0 Å². The molecule has 1 aliphatic rings. The quantitative estimate of drug-likeness (QED) is 0.558. The van der Waals surface area contributed by atoms with Crippen molar-refractivity contribution in [3.63, 3.8) is 0 Å². The summed E-state index contributed by atoms with van der Waals surface area (Å²) in [6.45, 7) is 5.69. The molecule has 30 heavy (non-hydrogen) atoms. The van der Waals surface area contributed by atoms with E-state index in [0.29, 0.717) is 10.6 Å². The summed E-state index contributed by atoms with van der Waals surface area (Å²) in [5, 5.41) is 2.25. The van der Waals surface area contributed by atoms with Crippen LogP contribution in [0.15, 0.2) is 57.9 Å². The fourth-order valence-electron chi connectivity index (χ4n) is 3.05. The maximum atomic E-state index is 12.7. The standard InChI is InChI=1S/C22H22BrN3O3S/c1-3-25(4-2)16-11-9-15(10-12-16)13-19-21(28)26(22(29)30-19)14-20(27)24-18-8-6-5-7-17(18)23/h5-13H,3-4,14H2,1-2H3,(H,24,27)/b19-13+. The Bertz CT molecular complexity index is 987. The first-order chi connectivity index (χ1) is 14.4. The maximum Gasteiger partial charge on any atom is 0.294 e. The summed E-state index contributed by atoms with van der Waals surface area (Å²) in [6, 6.07) is 15.0. The number of nitrogens with zero attached hydrogens (tertiary/aromatic N) is 2. The second-order valence-corrected chi connectivity index (χ2v) is 8.41. The monoisotopic (exact) mass is 487 g/mol. The summed E-state index contributed by atoms with van der Waals surface area (Å²) < 4.78 is 0.723. The molecule has 1 aliphatic heterocycles. The number of carbonyl (C=O) groups is 3. The van der Waals surface area contributed by atoms with Crippen LogP contribution in [-0.2, 0) is 9.59 Å². The lowest BCUT2D eigenvalue weighted by atomic mass is 10.1. The smallest absolute Gasteiger partial charge is 0.294 e. The molecule has 0 bridgehead atoms. The van der Waals surface area contributed by atoms with Gasteiger partial charge in [0.25, 0.3) is 11.1 Å². The first-order valence-electron chi connectivity index (χ1n) is 9.57. The molecule has 1 saturated heterocycles. The van der Waals surface area contributed by atoms with E-state index in [0.717, 1.165) is 45.5 Å². The van der Waals surface area contributed by atoms with Crippen LogP contribution in [0.4, 0.5) is 16.2 Å². The minimum atomic E-state index is -0.458. The Morgan fingerprint density at radius 3 is 2.40 bits per heavy atom. The van der Waals surface area contributed by atoms with Crippen molar-refractivity contribution in [2.24, 2.45) is 0 Å². The fraction of sp³-hybridized carbons (Fsp3) is 0.227. The van der Waals surface area contributed by atoms with Crippen molar-refractivity contribution in [1.29, 1.82) is 0 Å². The molecule has 0 saturated carbocycles. The van der Waals surface area contributed by atoms with E-state index in [1.807, 2.05) is 30.3 Å². The third kappa shape index (κ3) is 5.12. The summed E-state index contributed by atoms with van der Waals surface area (Å²) >= 11 is 4.20. The second kappa shape index (κ2) is 9.95. The lowest BCUT2D eigenvalue weighted by Gasteiger charge is -2.20. The highest BCUT2D eigenvalue weighted by molar-refractivity contribution is 9.10. The Labute approximate surface area is 188 Å². The van der Waals surface area contributed by atoms with Gasteiger partial charge < -0.3 is 10.2 Å². The molecular weight excluding hydrogens is 466 g/mol. The summed E-state index contributed by atoms with van der Waals surface area (Å²) in [5.74, 6) is -0.894. The van der Waals surface area contributed by atoms with Crippen molar-refractivity contribution in [2.45, 2.75) is 13.8 Å². The average Bonchev–Trinajstić information content (AvgIpc) is 2.99. The molecule has 3 amide bonds. The molecule has 1 fully saturated rings. The minimum absolute atomic E-state index is 0.310. The van der Waals surface area contributed by atoms with Crippen LogP contribution in [0.2, 0.25) is 0 Å². The Balaban J connectivity index is 1.68. The van der Waals surface area contributed by atoms with Crippen LogP contribution in [0.25, 0.3) is 6.08 Å². The van der Waals surface area contributed by atoms with Crippen molar-refractivity contribution < 1.29 is 14.4 Å². The second-order valence-electron chi connectivity index (χ2n) is 6.56. The first-order valence-corrected chi connectivity index (χ1v) is 11.2. The van der Waals surface area contributed by atoms with Crippen molar-refractivity contribution in [3.8, 4) is 0 Å². The third-order valence-corrected chi connectivity index (χ3v) is 6.24. The molecular formula is C22H22BrN3O3S. The lowest BCUT2D eigenvalue weighted by molar-refractivity contribution is -0.127. The van der Waals surface area contributed by atoms with Crippen LogP contribution in [0.1, 0.15) is 19.4 Å². The third-order valence-electron chi connectivity index (χ3n) is 4.64. The topological polar surface area (TPSA) is 69.7 Å². The molecule has 0 spiro atoms. The zero-order chi connectivity index (χ0) is 21.7. The van der Waals surface area contributed by atoms with Gasteiger partial charge in [-0.05, 0) is 77.4 Å². The molecule has 0 radical (unpaired) electrons. The van der Waals surface area contributed by atoms with Crippen LogP contribution in [-0.4, -0.2) is 41.6 Å². The number of nitrogens with one attached hydrogen (secondary N) is 1. The summed E-state index contributed by atoms with van der Waals surface area (Å²) in [4.78, 5) is 40.8. The van der Waals surface area contributed by atoms with E-state index in [9.17, 15) is 14.4 Å². The number of halogens is 1. The van der Waals surface area contributed by atoms with E-state index in [2.05, 4.69) is 40.0 Å². The van der Waals surface area contributed by atoms with Crippen molar-refractivity contribution in [3.05, 3.63) is 63.5 Å². The number of para-hydroxylation sites is 1. The predicted octanol–water partition coefficient (Wildman–Crippen LogP) is 4.97. The van der Waals surface area contributed by atoms with Gasteiger partial charge in [-0.1, -0.05) is 24.3 Å². The number of imide groups is 1. The van der Waals surface area contributed by atoms with Gasteiger partial charge in [0, 0.05) is 23.2 Å². The molecule has 0 unspecified atom stereocenters. The van der Waals surface area contributed by atoms with Gasteiger partial charge in [0.05, 0.1) is 10.6 Å². The van der Waals surface area contributed by atoms with Crippen LogP contribution < -0.4 is 10.2 Å². The molecule has 2 aromatic rings. The number of carbonyl (C=O) groups excluding carboxylic acids is 3. The Hall–Kier alpha value is -2.58. The van der Waals surface area contributed by atoms with Crippen molar-refractivity contribution in [2.75, 3.05) is 29.9 Å². The van der Waals surface area contributed by atoms with E-state index >= 15 is 0 Å². The summed E-state index contributed by atoms with van der Waals surface area (Å²) in [5.41, 5.74) is 2.52. The van der Waals surface area contributed by atoms with E-state index < -0.39 is 17.1 Å². The Morgan fingerprint density at radius 2 is 1.77 bits per heavy atom. The van der Waals surface area contributed by atoms with Crippen molar-refractivity contribution >= 4 is 62.2 Å². The molecule has 0 atom stereocenters. The lowest BCUT2D eigenvalue weighted by Crippen LogP contribution is -2.36. The van der Waals surface area contributed by atoms with E-state index in [1.165, 1.54) is 0 Å². The highest BCUT2D eigenvalue weighted by Gasteiger charge is 2.36. The number of hydrogen-bond donors (Lipinski definition) is 1. The van der Waals surface area contributed by atoms with Gasteiger partial charge in [0.15, 0.2) is 0 Å². The molecule has 1 heterocycles. The van der Waals surface area contributed by atoms with E-state index in [1.54, 1.807) is 24.3 Å². The number of thioether (sulfide) groups is 1. The summed E-state index contributed by atoms with van der Waals surface area (Å²) in [6.07, 6.45) is 1.68. The summed E-state index contributed by atoms with van der Waals surface area (Å²) in [7, 11) is 0. The SMILES string of the molecule is CCN(CC)c1ccc(/C=C2/SC(=O)N(CC(=O)Nc3ccccc3Br)C2=O)cc1. The molecule has 1 N–H and O–H groups in total. The van der Waals surface area contributed by atoms with E-state index in [4.69, 9.17) is 0 Å². The van der Waals surface area contributed by atoms with Gasteiger partial charge in [-0.25, -0.2) is 0 Å².